The molecule has 1 aromatic carbocycles. The highest BCUT2D eigenvalue weighted by Gasteiger charge is 2.31. The van der Waals surface area contributed by atoms with Crippen LogP contribution in [-0.4, -0.2) is 64.7 Å². The molecule has 8 heteroatoms. The van der Waals surface area contributed by atoms with Crippen molar-refractivity contribution in [3.63, 3.8) is 0 Å². The number of anilines is 1. The molecule has 0 radical (unpaired) electrons. The summed E-state index contributed by atoms with van der Waals surface area (Å²) in [6, 6.07) is 5.52. The first kappa shape index (κ1) is 23.4. The van der Waals surface area contributed by atoms with Gasteiger partial charge in [0.15, 0.2) is 0 Å². The van der Waals surface area contributed by atoms with E-state index in [9.17, 15) is 14.4 Å². The largest absolute Gasteiger partial charge is 0.444 e. The number of thioether (sulfide) groups is 1. The number of fused-ring (bicyclic) bond motifs is 1. The van der Waals surface area contributed by atoms with Crippen LogP contribution in [0.3, 0.4) is 0 Å². The zero-order valence-corrected chi connectivity index (χ0v) is 19.9. The second kappa shape index (κ2) is 9.51. The van der Waals surface area contributed by atoms with Crippen LogP contribution in [0.1, 0.15) is 57.8 Å². The molecule has 2 aliphatic heterocycles. The molecule has 1 aromatic rings. The number of carbonyl (C=O) groups is 3. The van der Waals surface area contributed by atoms with Gasteiger partial charge in [-0.1, -0.05) is 0 Å². The van der Waals surface area contributed by atoms with Gasteiger partial charge in [-0.2, -0.15) is 0 Å². The van der Waals surface area contributed by atoms with E-state index in [1.54, 1.807) is 11.0 Å². The molecule has 1 N–H and O–H groups in total. The van der Waals surface area contributed by atoms with Gasteiger partial charge in [-0.25, -0.2) is 4.79 Å². The van der Waals surface area contributed by atoms with Crippen LogP contribution in [0.15, 0.2) is 23.1 Å². The minimum atomic E-state index is -0.543. The molecule has 2 heterocycles. The van der Waals surface area contributed by atoms with Gasteiger partial charge >= 0.3 is 6.09 Å². The van der Waals surface area contributed by atoms with Crippen molar-refractivity contribution >= 4 is 35.4 Å². The molecule has 1 atom stereocenters. The third kappa shape index (κ3) is 6.15. The van der Waals surface area contributed by atoms with Crippen LogP contribution in [0.5, 0.6) is 0 Å². The number of carbonyl (C=O) groups excluding carboxylic acids is 3. The van der Waals surface area contributed by atoms with Gasteiger partial charge in [0.05, 0.1) is 11.4 Å². The Morgan fingerprint density at radius 1 is 1.32 bits per heavy atom. The molecule has 3 rings (SSSR count). The van der Waals surface area contributed by atoms with Gasteiger partial charge in [-0.05, 0) is 71.6 Å². The maximum atomic E-state index is 13.2. The van der Waals surface area contributed by atoms with E-state index in [1.165, 1.54) is 11.8 Å². The highest BCUT2D eigenvalue weighted by atomic mass is 32.2. The van der Waals surface area contributed by atoms with Gasteiger partial charge in [-0.15, -0.1) is 11.8 Å². The lowest BCUT2D eigenvalue weighted by atomic mass is 9.96. The zero-order valence-electron chi connectivity index (χ0n) is 19.1. The van der Waals surface area contributed by atoms with E-state index in [2.05, 4.69) is 5.32 Å². The molecule has 1 saturated heterocycles. The second-order valence-corrected chi connectivity index (χ2v) is 10.6. The van der Waals surface area contributed by atoms with E-state index in [1.807, 2.05) is 51.7 Å². The molecule has 0 aromatic heterocycles. The summed E-state index contributed by atoms with van der Waals surface area (Å²) in [5.74, 6) is 0.514. The molecule has 1 unspecified atom stereocenters. The van der Waals surface area contributed by atoms with Crippen molar-refractivity contribution in [3.8, 4) is 0 Å². The average molecular weight is 448 g/mol. The first-order valence-electron chi connectivity index (χ1n) is 10.9. The zero-order chi connectivity index (χ0) is 22.8. The van der Waals surface area contributed by atoms with Crippen LogP contribution in [-0.2, 0) is 9.53 Å². The van der Waals surface area contributed by atoms with Crippen LogP contribution in [0, 0.1) is 5.92 Å². The molecular formula is C23H33N3O4S. The Balaban J connectivity index is 1.67. The first-order valence-corrected chi connectivity index (χ1v) is 11.9. The summed E-state index contributed by atoms with van der Waals surface area (Å²) in [7, 11) is 0. The Bertz CT molecular complexity index is 850. The maximum absolute atomic E-state index is 13.2. The van der Waals surface area contributed by atoms with Crippen LogP contribution in [0.2, 0.25) is 0 Å². The lowest BCUT2D eigenvalue weighted by Gasteiger charge is -2.37. The van der Waals surface area contributed by atoms with Crippen LogP contribution >= 0.6 is 11.8 Å². The number of piperidine rings is 1. The fourth-order valence-corrected chi connectivity index (χ4v) is 4.68. The fourth-order valence-electron chi connectivity index (χ4n) is 3.89. The Hall–Kier alpha value is -2.22. The van der Waals surface area contributed by atoms with Crippen LogP contribution in [0.25, 0.3) is 0 Å². The lowest BCUT2D eigenvalue weighted by molar-refractivity contribution is -0.113. The molecule has 0 bridgehead atoms. The van der Waals surface area contributed by atoms with E-state index < -0.39 is 5.60 Å². The highest BCUT2D eigenvalue weighted by molar-refractivity contribution is 8.00. The van der Waals surface area contributed by atoms with Gasteiger partial charge in [0.2, 0.25) is 5.91 Å². The van der Waals surface area contributed by atoms with E-state index in [-0.39, 0.29) is 29.9 Å². The summed E-state index contributed by atoms with van der Waals surface area (Å²) in [5, 5.41) is 2.85. The summed E-state index contributed by atoms with van der Waals surface area (Å²) in [6.45, 7) is 11.4. The third-order valence-corrected chi connectivity index (χ3v) is 6.45. The number of rotatable bonds is 4. The molecule has 7 nitrogen and oxygen atoms in total. The van der Waals surface area contributed by atoms with Crippen molar-refractivity contribution in [2.24, 2.45) is 5.92 Å². The van der Waals surface area contributed by atoms with E-state index >= 15 is 0 Å². The van der Waals surface area contributed by atoms with E-state index in [0.29, 0.717) is 36.6 Å². The number of hydrogen-bond donors (Lipinski definition) is 1. The van der Waals surface area contributed by atoms with Gasteiger partial charge < -0.3 is 19.9 Å². The SMILES string of the molecule is CC(C)N(CC1CCCN(C(=O)c2ccc3c(c2)NC(=O)CS3)C1)C(=O)OC(C)(C)C. The Morgan fingerprint density at radius 3 is 2.74 bits per heavy atom. The van der Waals surface area contributed by atoms with Gasteiger partial charge in [-0.3, -0.25) is 9.59 Å². The Kier molecular flexibility index (Phi) is 7.19. The van der Waals surface area contributed by atoms with Gasteiger partial charge in [0.1, 0.15) is 5.60 Å². The quantitative estimate of drug-likeness (QED) is 0.747. The number of amides is 3. The minimum Gasteiger partial charge on any atom is -0.444 e. The van der Waals surface area contributed by atoms with Crippen LogP contribution < -0.4 is 5.32 Å². The van der Waals surface area contributed by atoms with Crippen molar-refractivity contribution in [2.75, 3.05) is 30.7 Å². The van der Waals surface area contributed by atoms with E-state index in [0.717, 1.165) is 17.7 Å². The van der Waals surface area contributed by atoms with Crippen LogP contribution in [0.4, 0.5) is 10.5 Å². The number of nitrogens with one attached hydrogen (secondary N) is 1. The number of ether oxygens (including phenoxy) is 1. The molecule has 170 valence electrons. The molecule has 31 heavy (non-hydrogen) atoms. The predicted octanol–water partition coefficient (Wildman–Crippen LogP) is 4.23. The number of likely N-dealkylation sites (tertiary alicyclic amines) is 1. The molecule has 0 aliphatic carbocycles. The highest BCUT2D eigenvalue weighted by Crippen LogP contribution is 2.32. The smallest absolute Gasteiger partial charge is 0.410 e. The lowest BCUT2D eigenvalue weighted by Crippen LogP contribution is -2.48. The maximum Gasteiger partial charge on any atom is 0.410 e. The summed E-state index contributed by atoms with van der Waals surface area (Å²) >= 11 is 1.48. The summed E-state index contributed by atoms with van der Waals surface area (Å²) in [6.07, 6.45) is 1.55. The molecule has 3 amide bonds. The van der Waals surface area contributed by atoms with Gasteiger partial charge in [0.25, 0.3) is 5.91 Å². The first-order chi connectivity index (χ1) is 14.5. The van der Waals surface area contributed by atoms with Crippen molar-refractivity contribution in [1.29, 1.82) is 0 Å². The molecule has 1 fully saturated rings. The fraction of sp³-hybridized carbons (Fsp3) is 0.609. The molecular weight excluding hydrogens is 414 g/mol. The summed E-state index contributed by atoms with van der Waals surface area (Å²) in [4.78, 5) is 42.1. The number of benzene rings is 1. The number of nitrogens with zero attached hydrogens (tertiary/aromatic N) is 2. The Morgan fingerprint density at radius 2 is 2.06 bits per heavy atom. The standard InChI is InChI=1S/C23H33N3O4S/c1-15(2)26(22(29)30-23(3,4)5)13-16-7-6-10-25(12-16)21(28)17-8-9-19-18(11-17)24-20(27)14-31-19/h8-9,11,15-16H,6-7,10,12-14H2,1-5H3,(H,24,27). The molecule has 0 saturated carbocycles. The van der Waals surface area contributed by atoms with Gasteiger partial charge in [0, 0.05) is 36.1 Å². The minimum absolute atomic E-state index is 0.0164. The molecule has 2 aliphatic rings. The van der Waals surface area contributed by atoms with Crippen molar-refractivity contribution in [1.82, 2.24) is 9.80 Å². The van der Waals surface area contributed by atoms with Crippen molar-refractivity contribution < 1.29 is 19.1 Å². The summed E-state index contributed by atoms with van der Waals surface area (Å²) in [5.41, 5.74) is 0.741. The Labute approximate surface area is 188 Å². The second-order valence-electron chi connectivity index (χ2n) is 9.53. The third-order valence-electron chi connectivity index (χ3n) is 5.37. The van der Waals surface area contributed by atoms with Crippen molar-refractivity contribution in [2.45, 2.75) is 64.0 Å². The average Bonchev–Trinajstić information content (AvgIpc) is 2.69. The normalized spacial score (nSPS) is 19.0. The number of hydrogen-bond acceptors (Lipinski definition) is 5. The monoisotopic (exact) mass is 447 g/mol. The van der Waals surface area contributed by atoms with Crippen molar-refractivity contribution in [3.05, 3.63) is 23.8 Å². The summed E-state index contributed by atoms with van der Waals surface area (Å²) < 4.78 is 5.58. The topological polar surface area (TPSA) is 79.0 Å². The van der Waals surface area contributed by atoms with E-state index in [4.69, 9.17) is 4.74 Å². The molecule has 0 spiro atoms. The predicted molar refractivity (Wildman–Crippen MR) is 122 cm³/mol.